The van der Waals surface area contributed by atoms with Crippen LogP contribution >= 0.6 is 0 Å². The van der Waals surface area contributed by atoms with E-state index in [4.69, 9.17) is 10.5 Å². The molecule has 81 valence electrons. The summed E-state index contributed by atoms with van der Waals surface area (Å²) in [6, 6.07) is 9.68. The van der Waals surface area contributed by atoms with Crippen LogP contribution in [-0.4, -0.2) is 12.5 Å². The maximum Gasteiger partial charge on any atom is 0.238 e. The molecule has 0 aliphatic heterocycles. The Hall–Kier alpha value is -1.51. The van der Waals surface area contributed by atoms with Crippen LogP contribution in [-0.2, 0) is 4.79 Å². The molecule has 0 saturated heterocycles. The third kappa shape index (κ3) is 5.73. The van der Waals surface area contributed by atoms with Gasteiger partial charge in [-0.15, -0.1) is 0 Å². The van der Waals surface area contributed by atoms with E-state index in [2.05, 4.69) is 0 Å². The third-order valence-corrected chi connectivity index (χ3v) is 2.06. The van der Waals surface area contributed by atoms with Crippen LogP contribution < -0.4 is 10.5 Å². The summed E-state index contributed by atoms with van der Waals surface area (Å²) in [6.07, 6.45) is 3.03. The third-order valence-electron chi connectivity index (χ3n) is 2.06. The van der Waals surface area contributed by atoms with Gasteiger partial charge in [-0.05, 0) is 31.4 Å². The van der Waals surface area contributed by atoms with E-state index in [0.29, 0.717) is 13.0 Å². The summed E-state index contributed by atoms with van der Waals surface area (Å²) in [5, 5.41) is 0. The highest BCUT2D eigenvalue weighted by molar-refractivity contribution is 5.72. The van der Waals surface area contributed by atoms with Crippen LogP contribution in [0.25, 0.3) is 0 Å². The molecule has 0 aliphatic rings. The smallest absolute Gasteiger partial charge is 0.238 e. The molecule has 1 aromatic rings. The summed E-state index contributed by atoms with van der Waals surface area (Å²) in [6.45, 7) is 0.677. The Morgan fingerprint density at radius 2 is 1.87 bits per heavy atom. The van der Waals surface area contributed by atoms with E-state index in [-0.39, 0.29) is 0 Å². The fourth-order valence-corrected chi connectivity index (χ4v) is 1.27. The molecule has 0 spiro atoms. The van der Waals surface area contributed by atoms with Crippen LogP contribution in [0.3, 0.4) is 0 Å². The van der Waals surface area contributed by atoms with Gasteiger partial charge in [-0.3, -0.25) is 10.5 Å². The number of hydrogen-bond donors (Lipinski definition) is 0. The van der Waals surface area contributed by atoms with Crippen LogP contribution in [0.1, 0.15) is 25.7 Å². The summed E-state index contributed by atoms with van der Waals surface area (Å²) in [5.41, 5.74) is 6.72. The van der Waals surface area contributed by atoms with Gasteiger partial charge in [0, 0.05) is 6.42 Å². The molecule has 0 heterocycles. The van der Waals surface area contributed by atoms with E-state index in [1.807, 2.05) is 30.3 Å². The van der Waals surface area contributed by atoms with Gasteiger partial charge in [0.05, 0.1) is 6.61 Å². The molecule has 1 N–H and O–H groups in total. The van der Waals surface area contributed by atoms with Gasteiger partial charge in [-0.1, -0.05) is 18.2 Å². The van der Waals surface area contributed by atoms with Crippen molar-refractivity contribution in [3.05, 3.63) is 30.3 Å². The highest BCUT2D eigenvalue weighted by atomic mass is 16.5. The number of nitrogens with one attached hydrogen (secondary N) is 1. The van der Waals surface area contributed by atoms with Crippen LogP contribution in [0, 0.1) is 0 Å². The van der Waals surface area contributed by atoms with Crippen molar-refractivity contribution in [2.24, 2.45) is 0 Å². The van der Waals surface area contributed by atoms with Crippen molar-refractivity contribution in [1.82, 2.24) is 5.73 Å². The number of amides is 1. The van der Waals surface area contributed by atoms with E-state index in [1.165, 1.54) is 0 Å². The van der Waals surface area contributed by atoms with Gasteiger partial charge >= 0.3 is 0 Å². The zero-order valence-corrected chi connectivity index (χ0v) is 8.74. The van der Waals surface area contributed by atoms with Crippen molar-refractivity contribution in [2.45, 2.75) is 25.7 Å². The van der Waals surface area contributed by atoms with Gasteiger partial charge in [0.15, 0.2) is 0 Å². The van der Waals surface area contributed by atoms with Crippen LogP contribution in [0.2, 0.25) is 0 Å². The standard InChI is InChI=1S/C12H16NO2/c13-12(14)9-5-2-6-10-15-11-7-3-1-4-8-11/h1,3-4,7-8,13H,2,5-6,9-10H2. The number of para-hydroxylation sites is 1. The number of rotatable bonds is 7. The second-order valence-electron chi connectivity index (χ2n) is 3.40. The number of unbranched alkanes of at least 4 members (excludes halogenated alkanes) is 2. The Morgan fingerprint density at radius 3 is 2.53 bits per heavy atom. The van der Waals surface area contributed by atoms with Crippen LogP contribution in [0.15, 0.2) is 30.3 Å². The Kier molecular flexibility index (Phi) is 5.30. The lowest BCUT2D eigenvalue weighted by molar-refractivity contribution is -0.118. The lowest BCUT2D eigenvalue weighted by Gasteiger charge is -2.04. The summed E-state index contributed by atoms with van der Waals surface area (Å²) in [7, 11) is 0. The maximum atomic E-state index is 10.3. The first-order valence-electron chi connectivity index (χ1n) is 5.21. The molecule has 0 aliphatic carbocycles. The zero-order valence-electron chi connectivity index (χ0n) is 8.74. The Labute approximate surface area is 90.2 Å². The quantitative estimate of drug-likeness (QED) is 0.643. The molecule has 0 fully saturated rings. The van der Waals surface area contributed by atoms with Crippen molar-refractivity contribution < 1.29 is 9.53 Å². The number of ether oxygens (including phenoxy) is 1. The van der Waals surface area contributed by atoms with Gasteiger partial charge in [0.1, 0.15) is 5.75 Å². The zero-order chi connectivity index (χ0) is 10.9. The average molecular weight is 206 g/mol. The summed E-state index contributed by atoms with van der Waals surface area (Å²) < 4.78 is 5.48. The normalized spacial score (nSPS) is 9.87. The molecule has 15 heavy (non-hydrogen) atoms. The molecule has 0 atom stereocenters. The number of carbonyl (C=O) groups excluding carboxylic acids is 1. The highest BCUT2D eigenvalue weighted by Crippen LogP contribution is 2.09. The number of carbonyl (C=O) groups is 1. The largest absolute Gasteiger partial charge is 0.494 e. The minimum absolute atomic E-state index is 0.366. The van der Waals surface area contributed by atoms with Crippen LogP contribution in [0.5, 0.6) is 5.75 Å². The predicted octanol–water partition coefficient (Wildman–Crippen LogP) is 2.44. The molecule has 1 rings (SSSR count). The first-order valence-corrected chi connectivity index (χ1v) is 5.21. The highest BCUT2D eigenvalue weighted by Gasteiger charge is 1.96. The molecule has 1 aromatic carbocycles. The monoisotopic (exact) mass is 206 g/mol. The summed E-state index contributed by atoms with van der Waals surface area (Å²) >= 11 is 0. The van der Waals surface area contributed by atoms with Crippen LogP contribution in [0.4, 0.5) is 0 Å². The van der Waals surface area contributed by atoms with E-state index in [9.17, 15) is 4.79 Å². The molecule has 0 unspecified atom stereocenters. The second kappa shape index (κ2) is 6.87. The van der Waals surface area contributed by atoms with Gasteiger partial charge in [0.25, 0.3) is 0 Å². The summed E-state index contributed by atoms with van der Waals surface area (Å²) in [5.74, 6) is 0.410. The van der Waals surface area contributed by atoms with E-state index in [1.54, 1.807) is 0 Å². The molecule has 0 saturated carbocycles. The predicted molar refractivity (Wildman–Crippen MR) is 58.5 cm³/mol. The van der Waals surface area contributed by atoms with Crippen molar-refractivity contribution >= 4 is 5.91 Å². The topological polar surface area (TPSA) is 50.1 Å². The van der Waals surface area contributed by atoms with E-state index >= 15 is 0 Å². The molecule has 0 aromatic heterocycles. The fraction of sp³-hybridized carbons (Fsp3) is 0.417. The molecule has 3 nitrogen and oxygen atoms in total. The first-order chi connectivity index (χ1) is 7.29. The van der Waals surface area contributed by atoms with Gasteiger partial charge in [-0.25, -0.2) is 0 Å². The van der Waals surface area contributed by atoms with Crippen molar-refractivity contribution in [1.29, 1.82) is 0 Å². The lowest BCUT2D eigenvalue weighted by Crippen LogP contribution is -1.99. The van der Waals surface area contributed by atoms with Crippen molar-refractivity contribution in [3.8, 4) is 5.75 Å². The van der Waals surface area contributed by atoms with Crippen molar-refractivity contribution in [3.63, 3.8) is 0 Å². The second-order valence-corrected chi connectivity index (χ2v) is 3.40. The number of benzene rings is 1. The van der Waals surface area contributed by atoms with Gasteiger partial charge < -0.3 is 4.74 Å². The Morgan fingerprint density at radius 1 is 1.13 bits per heavy atom. The van der Waals surface area contributed by atoms with E-state index in [0.717, 1.165) is 25.0 Å². The molecule has 0 bridgehead atoms. The SMILES string of the molecule is [NH]C(=O)CCCCCOc1ccccc1. The Bertz CT molecular complexity index is 285. The van der Waals surface area contributed by atoms with E-state index < -0.39 is 5.91 Å². The minimum Gasteiger partial charge on any atom is -0.494 e. The lowest BCUT2D eigenvalue weighted by atomic mass is 10.2. The van der Waals surface area contributed by atoms with Gasteiger partial charge in [0.2, 0.25) is 5.91 Å². The first kappa shape index (κ1) is 11.6. The molecular formula is C12H16NO2. The summed E-state index contributed by atoms with van der Waals surface area (Å²) in [4.78, 5) is 10.3. The Balaban J connectivity index is 2.00. The fourth-order valence-electron chi connectivity index (χ4n) is 1.27. The molecule has 3 heteroatoms. The molecular weight excluding hydrogens is 190 g/mol. The average Bonchev–Trinajstić information content (AvgIpc) is 2.24. The molecule has 1 amide bonds. The van der Waals surface area contributed by atoms with Crippen molar-refractivity contribution in [2.75, 3.05) is 6.61 Å². The van der Waals surface area contributed by atoms with Gasteiger partial charge in [-0.2, -0.15) is 0 Å². The molecule has 1 radical (unpaired) electrons. The number of hydrogen-bond acceptors (Lipinski definition) is 2. The minimum atomic E-state index is -0.473. The maximum absolute atomic E-state index is 10.3.